The van der Waals surface area contributed by atoms with Crippen LogP contribution in [0.3, 0.4) is 0 Å². The van der Waals surface area contributed by atoms with Crippen LogP contribution in [-0.2, 0) is 6.54 Å². The summed E-state index contributed by atoms with van der Waals surface area (Å²) in [6.07, 6.45) is 0. The van der Waals surface area contributed by atoms with Gasteiger partial charge in [0.25, 0.3) is 0 Å². The van der Waals surface area contributed by atoms with Gasteiger partial charge in [-0.15, -0.1) is 0 Å². The second-order valence-electron chi connectivity index (χ2n) is 4.79. The van der Waals surface area contributed by atoms with Crippen LogP contribution in [0, 0.1) is 5.82 Å². The van der Waals surface area contributed by atoms with Crippen LogP contribution in [0.15, 0.2) is 42.5 Å². The minimum absolute atomic E-state index is 0.301. The SMILES string of the molecule is O=C(NCc1ccc(F)cc1)Nc1ccc2c(c1)OCCO2. The number of ether oxygens (including phenoxy) is 2. The van der Waals surface area contributed by atoms with Crippen molar-refractivity contribution in [1.82, 2.24) is 5.32 Å². The number of anilines is 1. The van der Waals surface area contributed by atoms with Gasteiger partial charge in [0.15, 0.2) is 11.5 Å². The van der Waals surface area contributed by atoms with E-state index in [0.29, 0.717) is 36.9 Å². The third-order valence-corrected chi connectivity index (χ3v) is 3.17. The summed E-state index contributed by atoms with van der Waals surface area (Å²) in [5.41, 5.74) is 1.43. The highest BCUT2D eigenvalue weighted by Crippen LogP contribution is 2.32. The second kappa shape index (κ2) is 6.34. The Morgan fingerprint density at radius 2 is 1.77 bits per heavy atom. The molecule has 1 heterocycles. The molecule has 2 aromatic rings. The molecule has 22 heavy (non-hydrogen) atoms. The van der Waals surface area contributed by atoms with Gasteiger partial charge in [0.1, 0.15) is 19.0 Å². The molecular formula is C16H15FN2O3. The van der Waals surface area contributed by atoms with Gasteiger partial charge in [-0.1, -0.05) is 12.1 Å². The van der Waals surface area contributed by atoms with Crippen molar-refractivity contribution in [3.63, 3.8) is 0 Å². The number of hydrogen-bond donors (Lipinski definition) is 2. The van der Waals surface area contributed by atoms with Crippen molar-refractivity contribution in [3.8, 4) is 11.5 Å². The number of hydrogen-bond acceptors (Lipinski definition) is 3. The summed E-state index contributed by atoms with van der Waals surface area (Å²) < 4.78 is 23.7. The molecule has 5 nitrogen and oxygen atoms in total. The van der Waals surface area contributed by atoms with Gasteiger partial charge in [-0.2, -0.15) is 0 Å². The Bertz CT molecular complexity index is 674. The third kappa shape index (κ3) is 3.46. The van der Waals surface area contributed by atoms with Crippen LogP contribution in [0.1, 0.15) is 5.56 Å². The lowest BCUT2D eigenvalue weighted by Gasteiger charge is -2.19. The summed E-state index contributed by atoms with van der Waals surface area (Å²) in [6.45, 7) is 1.34. The highest BCUT2D eigenvalue weighted by atomic mass is 19.1. The topological polar surface area (TPSA) is 59.6 Å². The van der Waals surface area contributed by atoms with Crippen molar-refractivity contribution in [1.29, 1.82) is 0 Å². The Hall–Kier alpha value is -2.76. The summed E-state index contributed by atoms with van der Waals surface area (Å²) >= 11 is 0. The molecule has 2 N–H and O–H groups in total. The van der Waals surface area contributed by atoms with Gasteiger partial charge in [-0.3, -0.25) is 0 Å². The van der Waals surface area contributed by atoms with E-state index >= 15 is 0 Å². The number of amides is 2. The van der Waals surface area contributed by atoms with Gasteiger partial charge in [-0.25, -0.2) is 9.18 Å². The molecule has 0 aliphatic carbocycles. The van der Waals surface area contributed by atoms with E-state index in [1.54, 1.807) is 30.3 Å². The van der Waals surface area contributed by atoms with E-state index < -0.39 is 0 Å². The first kappa shape index (κ1) is 14.2. The zero-order chi connectivity index (χ0) is 15.4. The van der Waals surface area contributed by atoms with Crippen LogP contribution >= 0.6 is 0 Å². The maximum Gasteiger partial charge on any atom is 0.319 e. The Labute approximate surface area is 127 Å². The van der Waals surface area contributed by atoms with Crippen LogP contribution in [0.25, 0.3) is 0 Å². The van der Waals surface area contributed by atoms with Crippen LogP contribution in [0.4, 0.5) is 14.9 Å². The first-order valence-corrected chi connectivity index (χ1v) is 6.90. The average Bonchev–Trinajstić information content (AvgIpc) is 2.54. The monoisotopic (exact) mass is 302 g/mol. The Morgan fingerprint density at radius 3 is 2.55 bits per heavy atom. The normalized spacial score (nSPS) is 12.6. The van der Waals surface area contributed by atoms with Crippen LogP contribution < -0.4 is 20.1 Å². The Kier molecular flexibility index (Phi) is 4.09. The van der Waals surface area contributed by atoms with Crippen molar-refractivity contribution in [2.45, 2.75) is 6.54 Å². The fourth-order valence-electron chi connectivity index (χ4n) is 2.08. The molecule has 0 bridgehead atoms. The maximum atomic E-state index is 12.8. The number of nitrogens with one attached hydrogen (secondary N) is 2. The molecule has 0 aromatic heterocycles. The molecule has 1 aliphatic heterocycles. The number of urea groups is 1. The second-order valence-corrected chi connectivity index (χ2v) is 4.79. The smallest absolute Gasteiger partial charge is 0.319 e. The Morgan fingerprint density at radius 1 is 1.05 bits per heavy atom. The zero-order valence-electron chi connectivity index (χ0n) is 11.8. The van der Waals surface area contributed by atoms with Crippen molar-refractivity contribution < 1.29 is 18.7 Å². The quantitative estimate of drug-likeness (QED) is 0.916. The summed E-state index contributed by atoms with van der Waals surface area (Å²) in [7, 11) is 0. The van der Waals surface area contributed by atoms with E-state index in [1.807, 2.05) is 0 Å². The minimum atomic E-state index is -0.346. The van der Waals surface area contributed by atoms with Crippen molar-refractivity contribution in [2.24, 2.45) is 0 Å². The lowest BCUT2D eigenvalue weighted by Crippen LogP contribution is -2.28. The molecule has 0 atom stereocenters. The van der Waals surface area contributed by atoms with Crippen LogP contribution in [0.5, 0.6) is 11.5 Å². The zero-order valence-corrected chi connectivity index (χ0v) is 11.8. The lowest BCUT2D eigenvalue weighted by molar-refractivity contribution is 0.171. The number of carbonyl (C=O) groups is 1. The fourth-order valence-corrected chi connectivity index (χ4v) is 2.08. The summed E-state index contributed by atoms with van der Waals surface area (Å²) in [5, 5.41) is 5.42. The van der Waals surface area contributed by atoms with Gasteiger partial charge in [0.05, 0.1) is 0 Å². The van der Waals surface area contributed by atoms with E-state index in [1.165, 1.54) is 12.1 Å². The molecule has 0 radical (unpaired) electrons. The largest absolute Gasteiger partial charge is 0.486 e. The minimum Gasteiger partial charge on any atom is -0.486 e. The standard InChI is InChI=1S/C16H15FN2O3/c17-12-3-1-11(2-4-12)10-18-16(20)19-13-5-6-14-15(9-13)22-8-7-21-14/h1-6,9H,7-8,10H2,(H2,18,19,20). The molecule has 0 saturated carbocycles. The van der Waals surface area contributed by atoms with Gasteiger partial charge in [0, 0.05) is 18.3 Å². The highest BCUT2D eigenvalue weighted by molar-refractivity contribution is 5.89. The predicted octanol–water partition coefficient (Wildman–Crippen LogP) is 2.92. The third-order valence-electron chi connectivity index (χ3n) is 3.17. The molecule has 114 valence electrons. The predicted molar refractivity (Wildman–Crippen MR) is 79.7 cm³/mol. The summed E-state index contributed by atoms with van der Waals surface area (Å²) in [5.74, 6) is 0.982. The average molecular weight is 302 g/mol. The number of rotatable bonds is 3. The number of fused-ring (bicyclic) bond motifs is 1. The molecule has 1 aliphatic rings. The molecule has 0 spiro atoms. The molecular weight excluding hydrogens is 287 g/mol. The van der Waals surface area contributed by atoms with Gasteiger partial charge < -0.3 is 20.1 Å². The molecule has 0 saturated heterocycles. The summed E-state index contributed by atoms with van der Waals surface area (Å²) in [6, 6.07) is 10.8. The van der Waals surface area contributed by atoms with Crippen LogP contribution in [0.2, 0.25) is 0 Å². The molecule has 6 heteroatoms. The Balaban J connectivity index is 1.56. The number of carbonyl (C=O) groups excluding carboxylic acids is 1. The number of benzene rings is 2. The number of halogens is 1. The maximum absolute atomic E-state index is 12.8. The van der Waals surface area contributed by atoms with Crippen molar-refractivity contribution >= 4 is 11.7 Å². The molecule has 2 amide bonds. The van der Waals surface area contributed by atoms with E-state index in [0.717, 1.165) is 5.56 Å². The van der Waals surface area contributed by atoms with E-state index in [-0.39, 0.29) is 11.8 Å². The van der Waals surface area contributed by atoms with Crippen molar-refractivity contribution in [2.75, 3.05) is 18.5 Å². The van der Waals surface area contributed by atoms with Crippen LogP contribution in [-0.4, -0.2) is 19.2 Å². The van der Waals surface area contributed by atoms with Gasteiger partial charge in [-0.05, 0) is 29.8 Å². The molecule has 0 unspecified atom stereocenters. The molecule has 3 rings (SSSR count). The fraction of sp³-hybridized carbons (Fsp3) is 0.188. The molecule has 2 aromatic carbocycles. The first-order chi connectivity index (χ1) is 10.7. The van der Waals surface area contributed by atoms with E-state index in [2.05, 4.69) is 10.6 Å². The van der Waals surface area contributed by atoms with Gasteiger partial charge >= 0.3 is 6.03 Å². The van der Waals surface area contributed by atoms with Crippen molar-refractivity contribution in [3.05, 3.63) is 53.8 Å². The summed E-state index contributed by atoms with van der Waals surface area (Å²) in [4.78, 5) is 11.9. The van der Waals surface area contributed by atoms with Gasteiger partial charge in [0.2, 0.25) is 0 Å². The first-order valence-electron chi connectivity index (χ1n) is 6.90. The highest BCUT2D eigenvalue weighted by Gasteiger charge is 2.12. The molecule has 0 fully saturated rings. The van der Waals surface area contributed by atoms with E-state index in [4.69, 9.17) is 9.47 Å². The van der Waals surface area contributed by atoms with E-state index in [9.17, 15) is 9.18 Å². The lowest BCUT2D eigenvalue weighted by atomic mass is 10.2.